The van der Waals surface area contributed by atoms with E-state index in [1.165, 1.54) is 14.2 Å². The zero-order valence-electron chi connectivity index (χ0n) is 13.0. The van der Waals surface area contributed by atoms with Crippen LogP contribution in [0, 0.1) is 0 Å². The van der Waals surface area contributed by atoms with Crippen molar-refractivity contribution in [3.05, 3.63) is 46.8 Å². The lowest BCUT2D eigenvalue weighted by atomic mass is 10.0. The van der Waals surface area contributed by atoms with Crippen LogP contribution in [0.15, 0.2) is 24.3 Å². The Morgan fingerprint density at radius 2 is 2.04 bits per heavy atom. The molecule has 1 aromatic heterocycles. The average molecular weight is 315 g/mol. The number of carbonyl (C=O) groups is 2. The summed E-state index contributed by atoms with van der Waals surface area (Å²) in [4.78, 5) is 26.1. The van der Waals surface area contributed by atoms with Gasteiger partial charge in [-0.1, -0.05) is 12.1 Å². The molecule has 0 atom stereocenters. The maximum Gasteiger partial charge on any atom is 0.358 e. The quantitative estimate of drug-likeness (QED) is 0.866. The lowest BCUT2D eigenvalue weighted by Crippen LogP contribution is -2.36. The summed E-state index contributed by atoms with van der Waals surface area (Å²) >= 11 is 0. The Hall–Kier alpha value is -2.83. The standard InChI is InChI=1S/C16H17N3O4/c1-22-13-6-4-3-5-11(13)15(20)19-8-7-10-12(9-19)17-18-14(10)16(21)23-2/h3-6H,7-9H2,1-2H3,(H,17,18). The Morgan fingerprint density at radius 1 is 1.26 bits per heavy atom. The second-order valence-corrected chi connectivity index (χ2v) is 5.20. The fraction of sp³-hybridized carbons (Fsp3) is 0.312. The Balaban J connectivity index is 1.84. The third kappa shape index (κ3) is 2.65. The number of hydrogen-bond acceptors (Lipinski definition) is 5. The van der Waals surface area contributed by atoms with E-state index in [2.05, 4.69) is 10.2 Å². The molecule has 7 nitrogen and oxygen atoms in total. The third-order valence-corrected chi connectivity index (χ3v) is 3.94. The number of methoxy groups -OCH3 is 2. The van der Waals surface area contributed by atoms with Crippen molar-refractivity contribution in [3.8, 4) is 5.75 Å². The molecule has 1 aliphatic heterocycles. The first-order valence-electron chi connectivity index (χ1n) is 7.22. The van der Waals surface area contributed by atoms with Crippen molar-refractivity contribution in [2.45, 2.75) is 13.0 Å². The van der Waals surface area contributed by atoms with Crippen molar-refractivity contribution in [2.24, 2.45) is 0 Å². The number of nitrogens with zero attached hydrogens (tertiary/aromatic N) is 2. The molecule has 7 heteroatoms. The van der Waals surface area contributed by atoms with Crippen LogP contribution in [0.4, 0.5) is 0 Å². The van der Waals surface area contributed by atoms with Gasteiger partial charge in [0, 0.05) is 12.1 Å². The van der Waals surface area contributed by atoms with Crippen LogP contribution >= 0.6 is 0 Å². The number of aromatic nitrogens is 2. The van der Waals surface area contributed by atoms with Crippen molar-refractivity contribution in [3.63, 3.8) is 0 Å². The van der Waals surface area contributed by atoms with Gasteiger partial charge in [0.15, 0.2) is 5.69 Å². The number of para-hydroxylation sites is 1. The number of carbonyl (C=O) groups excluding carboxylic acids is 2. The van der Waals surface area contributed by atoms with E-state index in [4.69, 9.17) is 9.47 Å². The molecule has 1 aliphatic rings. The number of benzene rings is 1. The lowest BCUT2D eigenvalue weighted by Gasteiger charge is -2.27. The molecule has 2 heterocycles. The van der Waals surface area contributed by atoms with Crippen LogP contribution in [0.2, 0.25) is 0 Å². The fourth-order valence-electron chi connectivity index (χ4n) is 2.75. The number of rotatable bonds is 3. The molecule has 3 rings (SSSR count). The topological polar surface area (TPSA) is 84.5 Å². The smallest absolute Gasteiger partial charge is 0.358 e. The zero-order chi connectivity index (χ0) is 16.4. The summed E-state index contributed by atoms with van der Waals surface area (Å²) in [6.45, 7) is 0.879. The lowest BCUT2D eigenvalue weighted by molar-refractivity contribution is 0.0592. The molecule has 0 bridgehead atoms. The highest BCUT2D eigenvalue weighted by Gasteiger charge is 2.29. The molecule has 120 valence electrons. The molecule has 1 aromatic carbocycles. The van der Waals surface area contributed by atoms with Gasteiger partial charge in [-0.2, -0.15) is 5.10 Å². The van der Waals surface area contributed by atoms with Gasteiger partial charge < -0.3 is 14.4 Å². The van der Waals surface area contributed by atoms with Crippen molar-refractivity contribution in [1.29, 1.82) is 0 Å². The predicted molar refractivity (Wildman–Crippen MR) is 81.4 cm³/mol. The second kappa shape index (κ2) is 6.12. The molecule has 0 radical (unpaired) electrons. The zero-order valence-corrected chi connectivity index (χ0v) is 13.0. The number of amides is 1. The minimum absolute atomic E-state index is 0.109. The first kappa shape index (κ1) is 15.1. The molecule has 0 spiro atoms. The summed E-state index contributed by atoms with van der Waals surface area (Å²) in [6, 6.07) is 7.12. The van der Waals surface area contributed by atoms with E-state index >= 15 is 0 Å². The van der Waals surface area contributed by atoms with Gasteiger partial charge in [-0.15, -0.1) is 0 Å². The van der Waals surface area contributed by atoms with Gasteiger partial charge in [-0.05, 0) is 18.6 Å². The van der Waals surface area contributed by atoms with E-state index in [0.717, 1.165) is 11.3 Å². The van der Waals surface area contributed by atoms with Gasteiger partial charge in [-0.3, -0.25) is 9.89 Å². The monoisotopic (exact) mass is 315 g/mol. The summed E-state index contributed by atoms with van der Waals surface area (Å²) in [5.41, 5.74) is 2.40. The molecule has 1 amide bonds. The van der Waals surface area contributed by atoms with Gasteiger partial charge in [0.1, 0.15) is 5.75 Å². The van der Waals surface area contributed by atoms with Gasteiger partial charge in [-0.25, -0.2) is 4.79 Å². The van der Waals surface area contributed by atoms with Crippen LogP contribution in [0.5, 0.6) is 5.75 Å². The van der Waals surface area contributed by atoms with Crippen LogP contribution in [-0.2, 0) is 17.7 Å². The number of esters is 1. The Kier molecular flexibility index (Phi) is 4.01. The van der Waals surface area contributed by atoms with Crippen LogP contribution in [-0.4, -0.2) is 47.7 Å². The van der Waals surface area contributed by atoms with E-state index in [1.807, 2.05) is 6.07 Å². The normalized spacial score (nSPS) is 13.4. The highest BCUT2D eigenvalue weighted by molar-refractivity contribution is 5.97. The molecule has 2 aromatic rings. The van der Waals surface area contributed by atoms with Crippen LogP contribution in [0.25, 0.3) is 0 Å². The molecular weight excluding hydrogens is 298 g/mol. The van der Waals surface area contributed by atoms with Crippen LogP contribution in [0.1, 0.15) is 32.1 Å². The highest BCUT2D eigenvalue weighted by atomic mass is 16.5. The molecule has 0 saturated carbocycles. The number of aromatic amines is 1. The van der Waals surface area contributed by atoms with Gasteiger partial charge in [0.2, 0.25) is 0 Å². The first-order chi connectivity index (χ1) is 11.2. The van der Waals surface area contributed by atoms with E-state index in [-0.39, 0.29) is 5.91 Å². The number of nitrogens with one attached hydrogen (secondary N) is 1. The molecule has 0 aliphatic carbocycles. The first-order valence-corrected chi connectivity index (χ1v) is 7.22. The van der Waals surface area contributed by atoms with E-state index < -0.39 is 5.97 Å². The molecule has 0 saturated heterocycles. The van der Waals surface area contributed by atoms with Crippen molar-refractivity contribution >= 4 is 11.9 Å². The third-order valence-electron chi connectivity index (χ3n) is 3.94. The molecule has 0 fully saturated rings. The summed E-state index contributed by atoms with van der Waals surface area (Å²) in [5.74, 6) is -0.0301. The number of hydrogen-bond donors (Lipinski definition) is 1. The van der Waals surface area contributed by atoms with Crippen LogP contribution < -0.4 is 4.74 Å². The summed E-state index contributed by atoms with van der Waals surface area (Å²) < 4.78 is 9.96. The molecule has 23 heavy (non-hydrogen) atoms. The predicted octanol–water partition coefficient (Wildman–Crippen LogP) is 1.40. The minimum Gasteiger partial charge on any atom is -0.496 e. The molecule has 0 unspecified atom stereocenters. The summed E-state index contributed by atoms with van der Waals surface area (Å²) in [6.07, 6.45) is 0.553. The SMILES string of the molecule is COC(=O)c1n[nH]c2c1CCN(C(=O)c1ccccc1OC)C2. The van der Waals surface area contributed by atoms with E-state index in [9.17, 15) is 9.59 Å². The van der Waals surface area contributed by atoms with Gasteiger partial charge >= 0.3 is 5.97 Å². The van der Waals surface area contributed by atoms with Gasteiger partial charge in [0.25, 0.3) is 5.91 Å². The Morgan fingerprint density at radius 3 is 2.78 bits per heavy atom. The largest absolute Gasteiger partial charge is 0.496 e. The fourth-order valence-corrected chi connectivity index (χ4v) is 2.75. The Bertz CT molecular complexity index is 754. The summed E-state index contributed by atoms with van der Waals surface area (Å²) in [7, 11) is 2.86. The van der Waals surface area contributed by atoms with E-state index in [1.54, 1.807) is 23.1 Å². The van der Waals surface area contributed by atoms with Crippen molar-refractivity contribution in [1.82, 2.24) is 15.1 Å². The van der Waals surface area contributed by atoms with E-state index in [0.29, 0.717) is 36.5 Å². The summed E-state index contributed by atoms with van der Waals surface area (Å²) in [5, 5.41) is 6.84. The average Bonchev–Trinajstić information content (AvgIpc) is 3.03. The maximum atomic E-state index is 12.7. The van der Waals surface area contributed by atoms with Crippen molar-refractivity contribution in [2.75, 3.05) is 20.8 Å². The number of ether oxygens (including phenoxy) is 2. The number of H-pyrrole nitrogens is 1. The van der Waals surface area contributed by atoms with Gasteiger partial charge in [0.05, 0.1) is 32.0 Å². The highest BCUT2D eigenvalue weighted by Crippen LogP contribution is 2.25. The van der Waals surface area contributed by atoms with Crippen LogP contribution in [0.3, 0.4) is 0 Å². The number of fused-ring (bicyclic) bond motifs is 1. The maximum absolute atomic E-state index is 12.7. The Labute approximate surface area is 133 Å². The second-order valence-electron chi connectivity index (χ2n) is 5.20. The minimum atomic E-state index is -0.466. The molecule has 1 N–H and O–H groups in total. The van der Waals surface area contributed by atoms with Crippen molar-refractivity contribution < 1.29 is 19.1 Å². The molecular formula is C16H17N3O4.